The minimum absolute atomic E-state index is 0.380. The molecular weight excluding hydrogens is 372 g/mol. The van der Waals surface area contributed by atoms with E-state index in [4.69, 9.17) is 25.3 Å². The molecule has 27 heavy (non-hydrogen) atoms. The Morgan fingerprint density at radius 3 is 2.04 bits per heavy atom. The lowest BCUT2D eigenvalue weighted by Crippen LogP contribution is -2.62. The normalized spacial score (nSPS) is 44.4. The van der Waals surface area contributed by atoms with E-state index in [-0.39, 0.29) is 6.54 Å². The molecule has 0 bridgehead atoms. The Balaban J connectivity index is 2.20. The Labute approximate surface area is 151 Å². The SMILES string of the molecule is [N-]=[N+]=NC[C@H]1O[C@@](CO)(O[C@H]2O[C@H](CN=[N+]=[N-])[C@@H](O)[C@H](O)[C@H]2O)[C@@H](O)[C@@H]1O. The summed E-state index contributed by atoms with van der Waals surface area (Å²) in [6, 6.07) is 0. The fourth-order valence-electron chi connectivity index (χ4n) is 2.87. The van der Waals surface area contributed by atoms with Crippen LogP contribution in [0.15, 0.2) is 10.2 Å². The van der Waals surface area contributed by atoms with Crippen molar-refractivity contribution in [2.24, 2.45) is 10.2 Å². The topological polar surface area (TPSA) is 247 Å². The van der Waals surface area contributed by atoms with Crippen LogP contribution in [0.4, 0.5) is 0 Å². The molecule has 152 valence electrons. The van der Waals surface area contributed by atoms with Crippen LogP contribution in [-0.2, 0) is 14.2 Å². The number of hydrogen-bond donors (Lipinski definition) is 6. The van der Waals surface area contributed by atoms with E-state index in [0.717, 1.165) is 0 Å². The monoisotopic (exact) mass is 392 g/mol. The zero-order valence-electron chi connectivity index (χ0n) is 13.8. The van der Waals surface area contributed by atoms with Gasteiger partial charge in [-0.3, -0.25) is 0 Å². The maximum Gasteiger partial charge on any atom is 0.223 e. The summed E-state index contributed by atoms with van der Waals surface area (Å²) in [5.41, 5.74) is 16.7. The largest absolute Gasteiger partial charge is 0.391 e. The second-order valence-corrected chi connectivity index (χ2v) is 6.02. The maximum atomic E-state index is 10.2. The third-order valence-corrected chi connectivity index (χ3v) is 4.36. The fourth-order valence-corrected chi connectivity index (χ4v) is 2.87. The summed E-state index contributed by atoms with van der Waals surface area (Å²) in [5.74, 6) is -2.27. The van der Waals surface area contributed by atoms with Crippen LogP contribution >= 0.6 is 0 Å². The number of aliphatic hydroxyl groups is 6. The van der Waals surface area contributed by atoms with Crippen molar-refractivity contribution in [3.05, 3.63) is 20.9 Å². The molecule has 6 N–H and O–H groups in total. The molecule has 2 rings (SSSR count). The molecule has 0 saturated carbocycles. The van der Waals surface area contributed by atoms with Gasteiger partial charge in [0.1, 0.15) is 37.1 Å². The summed E-state index contributed by atoms with van der Waals surface area (Å²) in [6.45, 7) is -1.78. The van der Waals surface area contributed by atoms with E-state index < -0.39 is 68.0 Å². The van der Waals surface area contributed by atoms with Gasteiger partial charge in [-0.05, 0) is 11.1 Å². The molecule has 15 nitrogen and oxygen atoms in total. The Morgan fingerprint density at radius 2 is 1.48 bits per heavy atom. The highest BCUT2D eigenvalue weighted by Gasteiger charge is 2.58. The van der Waals surface area contributed by atoms with Crippen molar-refractivity contribution >= 4 is 0 Å². The van der Waals surface area contributed by atoms with Gasteiger partial charge >= 0.3 is 0 Å². The van der Waals surface area contributed by atoms with E-state index in [2.05, 4.69) is 20.1 Å². The number of nitrogens with zero attached hydrogens (tertiary/aromatic N) is 6. The molecule has 15 heteroatoms. The van der Waals surface area contributed by atoms with Gasteiger partial charge in [-0.25, -0.2) is 0 Å². The number of hydrogen-bond acceptors (Lipinski definition) is 11. The van der Waals surface area contributed by atoms with E-state index in [0.29, 0.717) is 0 Å². The Hall–Kier alpha value is -1.74. The van der Waals surface area contributed by atoms with Gasteiger partial charge in [-0.15, -0.1) is 0 Å². The van der Waals surface area contributed by atoms with Crippen molar-refractivity contribution < 1.29 is 44.8 Å². The third kappa shape index (κ3) is 4.24. The minimum atomic E-state index is -2.27. The van der Waals surface area contributed by atoms with Crippen molar-refractivity contribution in [2.75, 3.05) is 19.7 Å². The zero-order chi connectivity index (χ0) is 20.2. The number of aliphatic hydroxyl groups excluding tert-OH is 6. The molecule has 2 heterocycles. The van der Waals surface area contributed by atoms with Crippen molar-refractivity contribution in [2.45, 2.75) is 54.8 Å². The van der Waals surface area contributed by atoms with Gasteiger partial charge in [0.15, 0.2) is 6.29 Å². The highest BCUT2D eigenvalue weighted by molar-refractivity contribution is 4.99. The van der Waals surface area contributed by atoms with Gasteiger partial charge in [-0.2, -0.15) is 0 Å². The molecule has 9 atom stereocenters. The van der Waals surface area contributed by atoms with E-state index in [1.165, 1.54) is 0 Å². The van der Waals surface area contributed by atoms with Crippen LogP contribution in [0.25, 0.3) is 20.9 Å². The highest BCUT2D eigenvalue weighted by atomic mass is 16.8. The van der Waals surface area contributed by atoms with Gasteiger partial charge < -0.3 is 44.8 Å². The summed E-state index contributed by atoms with van der Waals surface area (Å²) in [5, 5.41) is 66.2. The lowest BCUT2D eigenvalue weighted by atomic mass is 9.98. The van der Waals surface area contributed by atoms with Crippen LogP contribution in [0.1, 0.15) is 0 Å². The summed E-state index contributed by atoms with van der Waals surface area (Å²) in [4.78, 5) is 5.00. The quantitative estimate of drug-likeness (QED) is 0.149. The summed E-state index contributed by atoms with van der Waals surface area (Å²) in [7, 11) is 0. The van der Waals surface area contributed by atoms with Gasteiger partial charge in [-0.1, -0.05) is 10.2 Å². The molecule has 2 fully saturated rings. The molecule has 0 aromatic heterocycles. The summed E-state index contributed by atoms with van der Waals surface area (Å²) in [6.07, 6.45) is -12.8. The lowest BCUT2D eigenvalue weighted by molar-refractivity contribution is -0.380. The van der Waals surface area contributed by atoms with Crippen molar-refractivity contribution in [1.29, 1.82) is 0 Å². The zero-order valence-corrected chi connectivity index (χ0v) is 13.8. The minimum Gasteiger partial charge on any atom is -0.391 e. The van der Waals surface area contributed by atoms with Crippen LogP contribution in [0.2, 0.25) is 0 Å². The molecular formula is C12H20N6O9. The first-order valence-electron chi connectivity index (χ1n) is 7.85. The van der Waals surface area contributed by atoms with Gasteiger partial charge in [0.25, 0.3) is 0 Å². The van der Waals surface area contributed by atoms with E-state index in [1.54, 1.807) is 0 Å². The van der Waals surface area contributed by atoms with Crippen LogP contribution in [0, 0.1) is 0 Å². The van der Waals surface area contributed by atoms with Gasteiger partial charge in [0.2, 0.25) is 5.79 Å². The first kappa shape index (κ1) is 21.6. The summed E-state index contributed by atoms with van der Waals surface area (Å²) >= 11 is 0. The third-order valence-electron chi connectivity index (χ3n) is 4.36. The lowest BCUT2D eigenvalue weighted by Gasteiger charge is -2.43. The predicted octanol–water partition coefficient (Wildman–Crippen LogP) is -2.76. The van der Waals surface area contributed by atoms with Crippen molar-refractivity contribution in [3.8, 4) is 0 Å². The molecule has 0 aromatic carbocycles. The predicted molar refractivity (Wildman–Crippen MR) is 82.5 cm³/mol. The van der Waals surface area contributed by atoms with Crippen LogP contribution in [0.5, 0.6) is 0 Å². The summed E-state index contributed by atoms with van der Waals surface area (Å²) < 4.78 is 15.9. The first-order chi connectivity index (χ1) is 12.8. The number of ether oxygens (including phenoxy) is 3. The number of rotatable bonds is 7. The molecule has 0 spiro atoms. The Bertz CT molecular complexity index is 614. The Morgan fingerprint density at radius 1 is 0.889 bits per heavy atom. The molecule has 2 aliphatic rings. The van der Waals surface area contributed by atoms with Crippen LogP contribution in [-0.4, -0.2) is 105 Å². The standard InChI is InChI=1S/C12H20N6O9/c13-17-15-1-4-6(20)8(22)9(23)11(25-4)27-12(3-19)10(24)7(21)5(26-12)2-16-18-14/h4-11,19-24H,1-3H2/t4-,5-,6-,7-,8+,9-,10+,11-,12+/m1/s1. The van der Waals surface area contributed by atoms with Crippen LogP contribution in [0.3, 0.4) is 0 Å². The average molecular weight is 392 g/mol. The first-order valence-corrected chi connectivity index (χ1v) is 7.85. The fraction of sp³-hybridized carbons (Fsp3) is 1.00. The van der Waals surface area contributed by atoms with E-state index >= 15 is 0 Å². The van der Waals surface area contributed by atoms with Gasteiger partial charge in [0, 0.05) is 9.82 Å². The van der Waals surface area contributed by atoms with Crippen molar-refractivity contribution in [3.63, 3.8) is 0 Å². The van der Waals surface area contributed by atoms with Gasteiger partial charge in [0.05, 0.1) is 25.3 Å². The second kappa shape index (κ2) is 8.97. The van der Waals surface area contributed by atoms with E-state index in [1.807, 2.05) is 0 Å². The van der Waals surface area contributed by atoms with E-state index in [9.17, 15) is 30.6 Å². The van der Waals surface area contributed by atoms with Crippen LogP contribution < -0.4 is 0 Å². The Kier molecular flexibility index (Phi) is 7.16. The molecule has 2 aliphatic heterocycles. The molecule has 0 amide bonds. The highest BCUT2D eigenvalue weighted by Crippen LogP contribution is 2.36. The molecule has 0 aliphatic carbocycles. The maximum absolute atomic E-state index is 10.2. The average Bonchev–Trinajstić information content (AvgIpc) is 2.91. The molecule has 0 aromatic rings. The van der Waals surface area contributed by atoms with Crippen molar-refractivity contribution in [1.82, 2.24) is 0 Å². The smallest absolute Gasteiger partial charge is 0.223 e. The molecule has 2 saturated heterocycles. The second-order valence-electron chi connectivity index (χ2n) is 6.02. The molecule has 0 unspecified atom stereocenters. The number of azide groups is 2. The molecule has 0 radical (unpaired) electrons.